The first-order valence-electron chi connectivity index (χ1n) is 17.4. The Morgan fingerprint density at radius 1 is 0.811 bits per heavy atom. The Hall–Kier alpha value is -4.78. The number of hydrogen-bond acceptors (Lipinski definition) is 12. The Bertz CT molecular complexity index is 1890. The van der Waals surface area contributed by atoms with Crippen molar-refractivity contribution in [1.29, 1.82) is 0 Å². The Morgan fingerprint density at radius 3 is 1.83 bits per heavy atom. The maximum atomic E-state index is 13.5. The number of nitrogens with two attached hydrogens (primary N) is 1. The number of rotatable bonds is 15. The van der Waals surface area contributed by atoms with Crippen molar-refractivity contribution in [2.75, 3.05) is 47.6 Å². The van der Waals surface area contributed by atoms with E-state index in [2.05, 4.69) is 27.4 Å². The van der Waals surface area contributed by atoms with Crippen LogP contribution in [-0.2, 0) is 28.5 Å². The number of thiophene rings is 2. The summed E-state index contributed by atoms with van der Waals surface area (Å²) >= 11 is 3.24. The lowest BCUT2D eigenvalue weighted by Gasteiger charge is -2.28. The van der Waals surface area contributed by atoms with Gasteiger partial charge in [0.15, 0.2) is 6.10 Å². The van der Waals surface area contributed by atoms with Crippen LogP contribution in [-0.4, -0.2) is 114 Å². The van der Waals surface area contributed by atoms with Gasteiger partial charge in [-0.25, -0.2) is 19.6 Å². The molecule has 16 nitrogen and oxygen atoms in total. The van der Waals surface area contributed by atoms with Crippen molar-refractivity contribution in [3.05, 3.63) is 48.3 Å². The normalized spacial score (nSPS) is 18.2. The molecule has 0 spiro atoms. The van der Waals surface area contributed by atoms with Crippen molar-refractivity contribution < 1.29 is 38.1 Å². The van der Waals surface area contributed by atoms with Crippen molar-refractivity contribution in [1.82, 2.24) is 35.1 Å². The summed E-state index contributed by atoms with van der Waals surface area (Å²) in [6.45, 7) is 1.64. The number of imidazole rings is 2. The first-order valence-corrected chi connectivity index (χ1v) is 19.0. The Morgan fingerprint density at radius 2 is 1.32 bits per heavy atom. The van der Waals surface area contributed by atoms with Gasteiger partial charge in [0.1, 0.15) is 17.7 Å². The van der Waals surface area contributed by atoms with E-state index in [9.17, 15) is 19.2 Å². The molecular weight excluding hydrogens is 725 g/mol. The van der Waals surface area contributed by atoms with Gasteiger partial charge >= 0.3 is 12.2 Å². The molecule has 4 amide bonds. The van der Waals surface area contributed by atoms with Crippen molar-refractivity contribution in [2.24, 2.45) is 5.73 Å². The van der Waals surface area contributed by atoms with E-state index in [-0.39, 0.29) is 36.9 Å². The third-order valence-electron chi connectivity index (χ3n) is 9.36. The fraction of sp³-hybridized carbons (Fsp3) is 0.486. The molecule has 0 unspecified atom stereocenters. The standard InChI is InChI=1S/C35H44N8O8S2/c1-48-16-12-20(41-35(47)50-3)32(44)42-14-4-6-23(42)30-37-18-21(39-30)26-8-10-28(52-26)29-11-9-27(53-29)22-19-38-31(40-22)24-7-5-15-43(24)33(45)25(13-17-49-2)51-34(36)46/h8-11,18-20,23-25H,4-7,12-17H2,1-3H3,(H2,36,46)(H,37,39)(H,38,40)(H,41,47)/t20-,23-,24-,25-/m0/s1. The molecule has 2 saturated heterocycles. The minimum absolute atomic E-state index is 0.195. The van der Waals surface area contributed by atoms with Crippen LogP contribution in [0.25, 0.3) is 30.9 Å². The van der Waals surface area contributed by atoms with Crippen LogP contribution in [0.5, 0.6) is 0 Å². The molecule has 0 aromatic carbocycles. The second kappa shape index (κ2) is 17.4. The lowest BCUT2D eigenvalue weighted by Crippen LogP contribution is -2.49. The molecule has 0 radical (unpaired) electrons. The lowest BCUT2D eigenvalue weighted by molar-refractivity contribution is -0.142. The fourth-order valence-corrected chi connectivity index (χ4v) is 8.81. The molecule has 4 aromatic heterocycles. The highest BCUT2D eigenvalue weighted by Crippen LogP contribution is 2.41. The molecule has 2 aliphatic heterocycles. The van der Waals surface area contributed by atoms with Crippen LogP contribution in [0.3, 0.4) is 0 Å². The SMILES string of the molecule is COCC[C@H](NC(=O)OC)C(=O)N1CCC[C@H]1c1nc(-c2ccc(-c3ccc(-c4c[nH]c([C@@H]5CCCN5C(=O)[C@H](CCOC)OC(N)=O)n4)s3)s2)c[nH]1. The van der Waals surface area contributed by atoms with Crippen LogP contribution in [0.2, 0.25) is 0 Å². The Balaban J connectivity index is 1.12. The predicted molar refractivity (Wildman–Crippen MR) is 197 cm³/mol. The number of alkyl carbamates (subject to hydrolysis) is 1. The van der Waals surface area contributed by atoms with E-state index in [0.29, 0.717) is 37.8 Å². The number of methoxy groups -OCH3 is 3. The summed E-state index contributed by atoms with van der Waals surface area (Å²) in [4.78, 5) is 74.3. The number of aromatic nitrogens is 4. The van der Waals surface area contributed by atoms with Gasteiger partial charge in [0, 0.05) is 68.9 Å². The number of hydrogen-bond donors (Lipinski definition) is 4. The number of likely N-dealkylation sites (tertiary alicyclic amines) is 2. The summed E-state index contributed by atoms with van der Waals surface area (Å²) in [6, 6.07) is 6.92. The summed E-state index contributed by atoms with van der Waals surface area (Å²) in [5.41, 5.74) is 6.80. The third-order valence-corrected chi connectivity index (χ3v) is 11.8. The van der Waals surface area contributed by atoms with Gasteiger partial charge in [-0.3, -0.25) is 9.59 Å². The Labute approximate surface area is 314 Å². The second-order valence-corrected chi connectivity index (χ2v) is 14.9. The number of carbonyl (C=O) groups excluding carboxylic acids is 4. The smallest absolute Gasteiger partial charge is 0.407 e. The average Bonchev–Trinajstić information content (AvgIpc) is 3.99. The summed E-state index contributed by atoms with van der Waals surface area (Å²) in [7, 11) is 4.34. The van der Waals surface area contributed by atoms with E-state index in [1.807, 2.05) is 24.5 Å². The molecule has 284 valence electrons. The van der Waals surface area contributed by atoms with Crippen LogP contribution in [0.4, 0.5) is 9.59 Å². The number of nitrogens with zero attached hydrogens (tertiary/aromatic N) is 4. The number of ether oxygens (including phenoxy) is 4. The summed E-state index contributed by atoms with van der Waals surface area (Å²) < 4.78 is 20.1. The summed E-state index contributed by atoms with van der Waals surface area (Å²) in [6.07, 6.45) is 4.66. The number of primary amides is 1. The molecule has 0 saturated carbocycles. The molecule has 18 heteroatoms. The number of carbonyl (C=O) groups is 4. The van der Waals surface area contributed by atoms with Crippen LogP contribution >= 0.6 is 22.7 Å². The van der Waals surface area contributed by atoms with Crippen LogP contribution in [0.15, 0.2) is 36.7 Å². The molecule has 4 aromatic rings. The highest BCUT2D eigenvalue weighted by molar-refractivity contribution is 7.25. The number of amides is 4. The zero-order chi connectivity index (χ0) is 37.5. The molecule has 2 fully saturated rings. The van der Waals surface area contributed by atoms with E-state index in [1.54, 1.807) is 39.6 Å². The summed E-state index contributed by atoms with van der Waals surface area (Å²) in [5, 5.41) is 2.64. The van der Waals surface area contributed by atoms with E-state index in [0.717, 1.165) is 56.6 Å². The van der Waals surface area contributed by atoms with Crippen molar-refractivity contribution in [3.63, 3.8) is 0 Å². The number of H-pyrrole nitrogens is 2. The number of nitrogens with one attached hydrogen (secondary N) is 3. The van der Waals surface area contributed by atoms with Crippen LogP contribution in [0, 0.1) is 0 Å². The van der Waals surface area contributed by atoms with Gasteiger partial charge in [-0.1, -0.05) is 0 Å². The maximum absolute atomic E-state index is 13.5. The molecule has 6 rings (SSSR count). The number of aromatic amines is 2. The molecule has 0 bridgehead atoms. The predicted octanol–water partition coefficient (Wildman–Crippen LogP) is 4.85. The largest absolute Gasteiger partial charge is 0.453 e. The van der Waals surface area contributed by atoms with Gasteiger partial charge in [-0.15, -0.1) is 22.7 Å². The first-order chi connectivity index (χ1) is 25.7. The molecule has 4 atom stereocenters. The maximum Gasteiger partial charge on any atom is 0.407 e. The van der Waals surface area contributed by atoms with Crippen molar-refractivity contribution in [2.45, 2.75) is 62.8 Å². The monoisotopic (exact) mass is 768 g/mol. The highest BCUT2D eigenvalue weighted by atomic mass is 32.1. The lowest BCUT2D eigenvalue weighted by atomic mass is 10.1. The molecule has 53 heavy (non-hydrogen) atoms. The first kappa shape index (κ1) is 38.0. The van der Waals surface area contributed by atoms with Gasteiger partial charge in [0.05, 0.1) is 46.9 Å². The molecule has 2 aliphatic rings. The molecule has 6 heterocycles. The zero-order valence-corrected chi connectivity index (χ0v) is 31.4. The molecule has 5 N–H and O–H groups in total. The van der Waals surface area contributed by atoms with E-state index in [1.165, 1.54) is 14.2 Å². The molecule has 0 aliphatic carbocycles. The third kappa shape index (κ3) is 8.72. The summed E-state index contributed by atoms with van der Waals surface area (Å²) in [5.74, 6) is 0.863. The van der Waals surface area contributed by atoms with E-state index < -0.39 is 24.3 Å². The van der Waals surface area contributed by atoms with Gasteiger partial charge in [-0.05, 0) is 49.9 Å². The van der Waals surface area contributed by atoms with Gasteiger partial charge in [0.25, 0.3) is 5.91 Å². The van der Waals surface area contributed by atoms with Crippen LogP contribution < -0.4 is 11.1 Å². The van der Waals surface area contributed by atoms with E-state index >= 15 is 0 Å². The van der Waals surface area contributed by atoms with Gasteiger partial charge in [0.2, 0.25) is 5.91 Å². The average molecular weight is 769 g/mol. The van der Waals surface area contributed by atoms with Crippen molar-refractivity contribution in [3.8, 4) is 30.9 Å². The van der Waals surface area contributed by atoms with E-state index in [4.69, 9.17) is 34.6 Å². The molecular formula is C35H44N8O8S2. The van der Waals surface area contributed by atoms with Crippen LogP contribution in [0.1, 0.15) is 62.3 Å². The Kier molecular flexibility index (Phi) is 12.4. The quantitative estimate of drug-likeness (QED) is 0.129. The second-order valence-electron chi connectivity index (χ2n) is 12.7. The fourth-order valence-electron chi connectivity index (χ4n) is 6.79. The van der Waals surface area contributed by atoms with Gasteiger partial charge in [-0.2, -0.15) is 0 Å². The van der Waals surface area contributed by atoms with Crippen molar-refractivity contribution >= 4 is 46.7 Å². The highest BCUT2D eigenvalue weighted by Gasteiger charge is 2.38. The van der Waals surface area contributed by atoms with Gasteiger partial charge < -0.3 is 49.8 Å². The topological polar surface area (TPSA) is 207 Å². The zero-order valence-electron chi connectivity index (χ0n) is 29.8. The minimum atomic E-state index is -1.02. The minimum Gasteiger partial charge on any atom is -0.453 e.